The van der Waals surface area contributed by atoms with Crippen LogP contribution < -0.4 is 10.2 Å². The second kappa shape index (κ2) is 6.11. The number of benzene rings is 2. The molecule has 2 aromatic carbocycles. The Kier molecular flexibility index (Phi) is 4.48. The Morgan fingerprint density at radius 1 is 1.16 bits per heavy atom. The van der Waals surface area contributed by atoms with Gasteiger partial charge in [-0.1, -0.05) is 41.9 Å². The third-order valence-corrected chi connectivity index (χ3v) is 3.21. The van der Waals surface area contributed by atoms with Crippen molar-refractivity contribution in [3.63, 3.8) is 0 Å². The number of hydrogen-bond donors (Lipinski definition) is 2. The highest BCUT2D eigenvalue weighted by atomic mass is 35.5. The molecule has 0 bridgehead atoms. The lowest BCUT2D eigenvalue weighted by Gasteiger charge is -2.11. The third kappa shape index (κ3) is 3.50. The summed E-state index contributed by atoms with van der Waals surface area (Å²) in [4.78, 5) is 0. The summed E-state index contributed by atoms with van der Waals surface area (Å²) in [5.41, 5.74) is 2.20. The normalized spacial score (nSPS) is 10.3. The molecule has 2 N–H and O–H groups in total. The van der Waals surface area contributed by atoms with Crippen LogP contribution >= 0.6 is 11.6 Å². The van der Waals surface area contributed by atoms with Gasteiger partial charge in [0.25, 0.3) is 0 Å². The van der Waals surface area contributed by atoms with Gasteiger partial charge in [0.2, 0.25) is 0 Å². The van der Waals surface area contributed by atoms with Crippen molar-refractivity contribution >= 4 is 24.2 Å². The van der Waals surface area contributed by atoms with E-state index in [1.807, 2.05) is 31.2 Å². The molecule has 0 atom stereocenters. The van der Waals surface area contributed by atoms with Crippen molar-refractivity contribution in [3.05, 3.63) is 58.6 Å². The van der Waals surface area contributed by atoms with Gasteiger partial charge < -0.3 is 14.8 Å². The number of ether oxygens (including phenoxy) is 1. The molecule has 0 saturated carbocycles. The van der Waals surface area contributed by atoms with Crippen LogP contribution in [0.1, 0.15) is 11.1 Å². The lowest BCUT2D eigenvalue weighted by Crippen LogP contribution is -2.29. The second-order valence-corrected chi connectivity index (χ2v) is 4.69. The lowest BCUT2D eigenvalue weighted by molar-refractivity contribution is 0.304. The first-order valence-corrected chi connectivity index (χ1v) is 6.28. The molecule has 0 spiro atoms. The van der Waals surface area contributed by atoms with Crippen LogP contribution in [-0.4, -0.2) is 17.2 Å². The Hall–Kier alpha value is -1.49. The van der Waals surface area contributed by atoms with E-state index < -0.39 is 7.12 Å². The molecule has 0 aliphatic carbocycles. The summed E-state index contributed by atoms with van der Waals surface area (Å²) >= 11 is 6.05. The molecule has 3 nitrogen and oxygen atoms in total. The van der Waals surface area contributed by atoms with Gasteiger partial charge in [-0.25, -0.2) is 0 Å². The number of aryl methyl sites for hydroxylation is 1. The average Bonchev–Trinajstić information content (AvgIpc) is 2.39. The summed E-state index contributed by atoms with van der Waals surface area (Å²) in [7, 11) is -1.46. The number of halogens is 1. The van der Waals surface area contributed by atoms with E-state index in [2.05, 4.69) is 0 Å². The fraction of sp³-hybridized carbons (Fsp3) is 0.143. The van der Waals surface area contributed by atoms with Gasteiger partial charge in [0.15, 0.2) is 0 Å². The molecule has 0 aliphatic heterocycles. The van der Waals surface area contributed by atoms with Crippen molar-refractivity contribution in [1.29, 1.82) is 0 Å². The average molecular weight is 277 g/mol. The van der Waals surface area contributed by atoms with Crippen LogP contribution in [0.5, 0.6) is 5.75 Å². The minimum absolute atomic E-state index is 0.377. The molecule has 0 aromatic heterocycles. The van der Waals surface area contributed by atoms with Crippen LogP contribution in [0.25, 0.3) is 0 Å². The summed E-state index contributed by atoms with van der Waals surface area (Å²) < 4.78 is 5.69. The lowest BCUT2D eigenvalue weighted by atomic mass is 9.79. The van der Waals surface area contributed by atoms with Gasteiger partial charge in [0.1, 0.15) is 12.4 Å². The van der Waals surface area contributed by atoms with Crippen molar-refractivity contribution < 1.29 is 14.8 Å². The van der Waals surface area contributed by atoms with Crippen molar-refractivity contribution in [2.24, 2.45) is 0 Å². The topological polar surface area (TPSA) is 49.7 Å². The van der Waals surface area contributed by atoms with Crippen LogP contribution in [-0.2, 0) is 6.61 Å². The predicted molar refractivity (Wildman–Crippen MR) is 76.8 cm³/mol. The Morgan fingerprint density at radius 3 is 2.53 bits per heavy atom. The van der Waals surface area contributed by atoms with Crippen LogP contribution in [0, 0.1) is 6.92 Å². The van der Waals surface area contributed by atoms with Gasteiger partial charge in [0.05, 0.1) is 0 Å². The van der Waals surface area contributed by atoms with Crippen molar-refractivity contribution in [2.45, 2.75) is 13.5 Å². The zero-order valence-electron chi connectivity index (χ0n) is 10.5. The van der Waals surface area contributed by atoms with Gasteiger partial charge in [-0.05, 0) is 30.1 Å². The van der Waals surface area contributed by atoms with Gasteiger partial charge in [-0.2, -0.15) is 0 Å². The van der Waals surface area contributed by atoms with Crippen LogP contribution in [0.4, 0.5) is 0 Å². The fourth-order valence-corrected chi connectivity index (χ4v) is 1.96. The molecule has 0 radical (unpaired) electrons. The highest BCUT2D eigenvalue weighted by Gasteiger charge is 2.12. The highest BCUT2D eigenvalue weighted by molar-refractivity contribution is 6.58. The van der Waals surface area contributed by atoms with Crippen molar-refractivity contribution in [1.82, 2.24) is 0 Å². The van der Waals surface area contributed by atoms with Crippen molar-refractivity contribution in [2.75, 3.05) is 0 Å². The van der Waals surface area contributed by atoms with E-state index >= 15 is 0 Å². The molecule has 0 heterocycles. The quantitative estimate of drug-likeness (QED) is 0.839. The molecule has 2 rings (SSSR count). The molecule has 0 amide bonds. The summed E-state index contributed by atoms with van der Waals surface area (Å²) in [5, 5.41) is 18.8. The fourth-order valence-electron chi connectivity index (χ4n) is 1.77. The van der Waals surface area contributed by atoms with Gasteiger partial charge >= 0.3 is 7.12 Å². The molecule has 5 heteroatoms. The monoisotopic (exact) mass is 276 g/mol. The Labute approximate surface area is 117 Å². The Morgan fingerprint density at radius 2 is 1.89 bits per heavy atom. The second-order valence-electron chi connectivity index (χ2n) is 4.28. The Bertz CT molecular complexity index is 572. The summed E-state index contributed by atoms with van der Waals surface area (Å²) in [6, 6.07) is 12.5. The van der Waals surface area contributed by atoms with Gasteiger partial charge in [-0.3, -0.25) is 0 Å². The first-order chi connectivity index (χ1) is 9.08. The largest absolute Gasteiger partial charge is 0.489 e. The summed E-state index contributed by atoms with van der Waals surface area (Å²) in [6.07, 6.45) is 0. The molecule has 0 fully saturated rings. The molecule has 0 aliphatic rings. The molecule has 98 valence electrons. The van der Waals surface area contributed by atoms with E-state index in [0.29, 0.717) is 22.8 Å². The molecular weight excluding hydrogens is 262 g/mol. The first kappa shape index (κ1) is 13.9. The van der Waals surface area contributed by atoms with Gasteiger partial charge in [-0.15, -0.1) is 0 Å². The molecule has 0 saturated heterocycles. The third-order valence-electron chi connectivity index (χ3n) is 2.84. The molecular formula is C14H14BClO3. The van der Waals surface area contributed by atoms with E-state index in [1.165, 1.54) is 0 Å². The van der Waals surface area contributed by atoms with Crippen LogP contribution in [0.2, 0.25) is 5.02 Å². The van der Waals surface area contributed by atoms with E-state index in [0.717, 1.165) is 11.1 Å². The summed E-state index contributed by atoms with van der Waals surface area (Å²) in [6.45, 7) is 2.23. The smallest absolute Gasteiger partial charge is 0.488 e. The maximum absolute atomic E-state index is 9.08. The van der Waals surface area contributed by atoms with Crippen LogP contribution in [0.3, 0.4) is 0 Å². The zero-order valence-corrected chi connectivity index (χ0v) is 11.3. The number of rotatable bonds is 4. The zero-order chi connectivity index (χ0) is 13.8. The maximum atomic E-state index is 9.08. The predicted octanol–water partition coefficient (Wildman–Crippen LogP) is 1.91. The highest BCUT2D eigenvalue weighted by Crippen LogP contribution is 2.20. The van der Waals surface area contributed by atoms with Crippen molar-refractivity contribution in [3.8, 4) is 5.75 Å². The SMILES string of the molecule is Cc1cc(B(O)O)ccc1OCc1ccccc1Cl. The van der Waals surface area contributed by atoms with E-state index in [1.54, 1.807) is 18.2 Å². The Balaban J connectivity index is 2.10. The number of hydrogen-bond acceptors (Lipinski definition) is 3. The summed E-state index contributed by atoms with van der Waals surface area (Å²) in [5.74, 6) is 0.698. The molecule has 2 aromatic rings. The van der Waals surface area contributed by atoms with E-state index in [-0.39, 0.29) is 0 Å². The molecule has 19 heavy (non-hydrogen) atoms. The van der Waals surface area contributed by atoms with E-state index in [4.69, 9.17) is 26.4 Å². The van der Waals surface area contributed by atoms with Gasteiger partial charge in [0, 0.05) is 10.6 Å². The minimum Gasteiger partial charge on any atom is -0.489 e. The maximum Gasteiger partial charge on any atom is 0.488 e. The first-order valence-electron chi connectivity index (χ1n) is 5.91. The van der Waals surface area contributed by atoms with Crippen LogP contribution in [0.15, 0.2) is 42.5 Å². The standard InChI is InChI=1S/C14H14BClO3/c1-10-8-12(15(17)18)6-7-14(10)19-9-11-4-2-3-5-13(11)16/h2-8,17-18H,9H2,1H3. The van der Waals surface area contributed by atoms with E-state index in [9.17, 15) is 0 Å². The molecule has 0 unspecified atom stereocenters. The minimum atomic E-state index is -1.46.